The van der Waals surface area contributed by atoms with E-state index in [-0.39, 0.29) is 0 Å². The third-order valence-corrected chi connectivity index (χ3v) is 3.30. The Morgan fingerprint density at radius 3 is 1.28 bits per heavy atom. The predicted octanol–water partition coefficient (Wildman–Crippen LogP) is 4.35. The smallest absolute Gasteiger partial charge is 0.0273 e. The molecule has 0 aliphatic heterocycles. The molecular formula is C18H20. The van der Waals surface area contributed by atoms with Gasteiger partial charge in [0.15, 0.2) is 0 Å². The number of rotatable bonds is 0. The molecule has 0 saturated heterocycles. The summed E-state index contributed by atoms with van der Waals surface area (Å²) in [5, 5.41) is 0. The topological polar surface area (TPSA) is 0 Å². The molecule has 2 aromatic rings. The fourth-order valence-electron chi connectivity index (χ4n) is 2.40. The number of aryl methyl sites for hydroxylation is 4. The first-order valence-corrected chi connectivity index (χ1v) is 6.47. The Kier molecular flexibility index (Phi) is 2.33. The number of hydrogen-bond acceptors (Lipinski definition) is 0. The van der Waals surface area contributed by atoms with Crippen molar-refractivity contribution in [2.45, 2.75) is 38.4 Å². The van der Waals surface area contributed by atoms with Crippen molar-refractivity contribution in [1.29, 1.82) is 0 Å². The first kappa shape index (κ1) is 7.78. The van der Waals surface area contributed by atoms with E-state index in [0.717, 1.165) is 22.3 Å². The van der Waals surface area contributed by atoms with E-state index in [9.17, 15) is 0 Å². The lowest BCUT2D eigenvalue weighted by molar-refractivity contribution is 0.789. The highest BCUT2D eigenvalue weighted by Crippen LogP contribution is 2.16. The van der Waals surface area contributed by atoms with Crippen molar-refractivity contribution in [3.05, 3.63) is 70.8 Å². The van der Waals surface area contributed by atoms with E-state index in [1.807, 2.05) is 48.5 Å². The van der Waals surface area contributed by atoms with Crippen LogP contribution >= 0.6 is 0 Å². The Labute approximate surface area is 115 Å². The Morgan fingerprint density at radius 2 is 0.944 bits per heavy atom. The second-order valence-electron chi connectivity index (χ2n) is 4.85. The van der Waals surface area contributed by atoms with Gasteiger partial charge in [0.25, 0.3) is 0 Å². The molecule has 0 heteroatoms. The Bertz CT molecular complexity index is 570. The van der Waals surface area contributed by atoms with Crippen LogP contribution < -0.4 is 0 Å². The van der Waals surface area contributed by atoms with Gasteiger partial charge in [-0.2, -0.15) is 0 Å². The molecule has 0 unspecified atom stereocenters. The molecule has 0 N–H and O–H groups in total. The maximum absolute atomic E-state index is 8.29. The van der Waals surface area contributed by atoms with Gasteiger partial charge in [0, 0.05) is 5.48 Å². The van der Waals surface area contributed by atoms with Gasteiger partial charge in [-0.05, 0) is 60.7 Å². The van der Waals surface area contributed by atoms with Crippen molar-refractivity contribution < 1.29 is 5.48 Å². The van der Waals surface area contributed by atoms with Gasteiger partial charge < -0.3 is 0 Å². The van der Waals surface area contributed by atoms with Crippen LogP contribution in [0.5, 0.6) is 0 Å². The maximum Gasteiger partial charge on any atom is 0.0273 e. The predicted molar refractivity (Wildman–Crippen MR) is 76.9 cm³/mol. The zero-order chi connectivity index (χ0) is 15.8. The fraction of sp³-hybridized carbons (Fsp3) is 0.333. The lowest BCUT2D eigenvalue weighted by Crippen LogP contribution is -1.97. The molecule has 0 aromatic heterocycles. The maximum atomic E-state index is 8.29. The molecule has 0 atom stereocenters. The molecule has 3 rings (SSSR count). The molecule has 0 amide bonds. The molecule has 18 heavy (non-hydrogen) atoms. The average Bonchev–Trinajstić information content (AvgIpc) is 2.35. The van der Waals surface area contributed by atoms with Crippen molar-refractivity contribution in [3.8, 4) is 0 Å². The minimum Gasteiger partial charge on any atom is -0.0617 e. The van der Waals surface area contributed by atoms with Crippen molar-refractivity contribution >= 4 is 0 Å². The normalized spacial score (nSPS) is 24.4. The van der Waals surface area contributed by atoms with Crippen molar-refractivity contribution in [1.82, 2.24) is 0 Å². The van der Waals surface area contributed by atoms with Crippen molar-refractivity contribution in [2.24, 2.45) is 0 Å². The van der Waals surface area contributed by atoms with Gasteiger partial charge in [0.05, 0.1) is 0 Å². The Morgan fingerprint density at radius 1 is 0.611 bits per heavy atom. The van der Waals surface area contributed by atoms with Gasteiger partial charge >= 0.3 is 0 Å². The quantitative estimate of drug-likeness (QED) is 0.642. The SMILES string of the molecule is [2H]C1([2H])Cc2cccc(c2)CC([2H])([2H])Cc2cccc(c2)C1. The van der Waals surface area contributed by atoms with Crippen molar-refractivity contribution in [3.63, 3.8) is 0 Å². The van der Waals surface area contributed by atoms with Gasteiger partial charge in [-0.25, -0.2) is 0 Å². The standard InChI is InChI=1S/C18H20/c1-5-15-9-3-11-17-7-2-8-18(14-17)12-4-10-16(6-1)13-15/h1-2,5-8,13-14H,3-4,9-12H2/i3D2,4D2. The summed E-state index contributed by atoms with van der Waals surface area (Å²) in [7, 11) is 0. The second kappa shape index (κ2) is 5.39. The highest BCUT2D eigenvalue weighted by atomic mass is 14.1. The summed E-state index contributed by atoms with van der Waals surface area (Å²) < 4.78 is 33.2. The van der Waals surface area contributed by atoms with Gasteiger partial charge in [0.2, 0.25) is 0 Å². The third-order valence-electron chi connectivity index (χ3n) is 3.30. The summed E-state index contributed by atoms with van der Waals surface area (Å²) in [6, 6.07) is 15.4. The molecule has 0 heterocycles. The largest absolute Gasteiger partial charge is 0.0617 e. The summed E-state index contributed by atoms with van der Waals surface area (Å²) >= 11 is 0. The highest BCUT2D eigenvalue weighted by molar-refractivity contribution is 5.27. The highest BCUT2D eigenvalue weighted by Gasteiger charge is 2.02. The van der Waals surface area contributed by atoms with Gasteiger partial charge in [0.1, 0.15) is 0 Å². The monoisotopic (exact) mass is 240 g/mol. The Hall–Kier alpha value is -1.56. The van der Waals surface area contributed by atoms with E-state index in [1.54, 1.807) is 0 Å². The molecule has 1 aliphatic carbocycles. The molecule has 1 aliphatic rings. The molecule has 0 spiro atoms. The zero-order valence-corrected chi connectivity index (χ0v) is 10.4. The van der Waals surface area contributed by atoms with Crippen LogP contribution in [-0.4, -0.2) is 0 Å². The lowest BCUT2D eigenvalue weighted by atomic mass is 9.96. The summed E-state index contributed by atoms with van der Waals surface area (Å²) in [6.45, 7) is 0. The molecular weight excluding hydrogens is 216 g/mol. The third kappa shape index (κ3) is 2.81. The van der Waals surface area contributed by atoms with Crippen LogP contribution in [0, 0.1) is 0 Å². The summed E-state index contributed by atoms with van der Waals surface area (Å²) in [4.78, 5) is 0. The van der Waals surface area contributed by atoms with E-state index in [2.05, 4.69) is 0 Å². The van der Waals surface area contributed by atoms with Crippen LogP contribution in [0.15, 0.2) is 48.5 Å². The van der Waals surface area contributed by atoms with E-state index >= 15 is 0 Å². The minimum atomic E-state index is -1.30. The number of hydrogen-bond donors (Lipinski definition) is 0. The van der Waals surface area contributed by atoms with Crippen molar-refractivity contribution in [2.75, 3.05) is 0 Å². The van der Waals surface area contributed by atoms with Crippen LogP contribution in [0.25, 0.3) is 0 Å². The number of benzene rings is 2. The van der Waals surface area contributed by atoms with Gasteiger partial charge in [-0.15, -0.1) is 0 Å². The van der Waals surface area contributed by atoms with Crippen LogP contribution in [-0.2, 0) is 25.7 Å². The summed E-state index contributed by atoms with van der Waals surface area (Å²) in [6.07, 6.45) is -1.17. The minimum absolute atomic E-state index is 0.355. The van der Waals surface area contributed by atoms with Crippen LogP contribution in [0.2, 0.25) is 0 Å². The van der Waals surface area contributed by atoms with E-state index in [0.29, 0.717) is 25.7 Å². The summed E-state index contributed by atoms with van der Waals surface area (Å²) in [5.41, 5.74) is 3.76. The van der Waals surface area contributed by atoms with E-state index in [4.69, 9.17) is 5.48 Å². The Balaban J connectivity index is 2.03. The molecule has 92 valence electrons. The number of fused-ring (bicyclic) bond motifs is 4. The van der Waals surface area contributed by atoms with Gasteiger partial charge in [-0.1, -0.05) is 48.5 Å². The second-order valence-corrected chi connectivity index (χ2v) is 4.85. The molecule has 0 radical (unpaired) electrons. The molecule has 0 nitrogen and oxygen atoms in total. The fourth-order valence-corrected chi connectivity index (χ4v) is 2.40. The van der Waals surface area contributed by atoms with Gasteiger partial charge in [-0.3, -0.25) is 0 Å². The molecule has 0 fully saturated rings. The molecule has 0 saturated carbocycles. The molecule has 4 bridgehead atoms. The van der Waals surface area contributed by atoms with Crippen LogP contribution in [0.4, 0.5) is 0 Å². The average molecular weight is 240 g/mol. The van der Waals surface area contributed by atoms with Crippen LogP contribution in [0.3, 0.4) is 0 Å². The van der Waals surface area contributed by atoms with E-state index < -0.39 is 12.7 Å². The zero-order valence-electron chi connectivity index (χ0n) is 14.4. The lowest BCUT2D eigenvalue weighted by Gasteiger charge is -2.10. The van der Waals surface area contributed by atoms with Crippen LogP contribution in [0.1, 0.15) is 40.5 Å². The summed E-state index contributed by atoms with van der Waals surface area (Å²) in [5.74, 6) is 0. The van der Waals surface area contributed by atoms with E-state index in [1.165, 1.54) is 0 Å². The first-order chi connectivity index (χ1) is 10.3. The first-order valence-electron chi connectivity index (χ1n) is 8.47. The molecule has 2 aromatic carbocycles.